The molecular formula is C20H29IN4O2. The van der Waals surface area contributed by atoms with E-state index >= 15 is 0 Å². The molecule has 0 aromatic heterocycles. The molecule has 4 rings (SSSR count). The average molecular weight is 484 g/mol. The number of carbonyl (C=O) groups is 1. The molecule has 3 heterocycles. The third-order valence-electron chi connectivity index (χ3n) is 5.85. The first-order valence-corrected chi connectivity index (χ1v) is 9.72. The molecule has 6 nitrogen and oxygen atoms in total. The van der Waals surface area contributed by atoms with Gasteiger partial charge in [-0.2, -0.15) is 0 Å². The van der Waals surface area contributed by atoms with Crippen molar-refractivity contribution in [1.29, 1.82) is 0 Å². The molecule has 1 aromatic carbocycles. The summed E-state index contributed by atoms with van der Waals surface area (Å²) in [6.07, 6.45) is 3.07. The molecule has 2 fully saturated rings. The number of fused-ring (bicyclic) bond motifs is 1. The second kappa shape index (κ2) is 8.77. The van der Waals surface area contributed by atoms with Crippen LogP contribution < -0.4 is 10.6 Å². The second-order valence-electron chi connectivity index (χ2n) is 7.63. The Labute approximate surface area is 178 Å². The highest BCUT2D eigenvalue weighted by atomic mass is 127. The fraction of sp³-hybridized carbons (Fsp3) is 0.600. The van der Waals surface area contributed by atoms with Crippen LogP contribution in [0.5, 0.6) is 0 Å². The third kappa shape index (κ3) is 4.23. The molecule has 3 aliphatic heterocycles. The van der Waals surface area contributed by atoms with Gasteiger partial charge in [-0.1, -0.05) is 18.2 Å². The van der Waals surface area contributed by atoms with Crippen LogP contribution in [0.25, 0.3) is 0 Å². The van der Waals surface area contributed by atoms with Gasteiger partial charge in [-0.3, -0.25) is 9.79 Å². The summed E-state index contributed by atoms with van der Waals surface area (Å²) in [4.78, 5) is 19.5. The number of rotatable bonds is 4. The minimum Gasteiger partial charge on any atom is -0.381 e. The monoisotopic (exact) mass is 484 g/mol. The van der Waals surface area contributed by atoms with Gasteiger partial charge in [0.1, 0.15) is 0 Å². The summed E-state index contributed by atoms with van der Waals surface area (Å²) in [5, 5.41) is 6.39. The Balaban J connectivity index is 0.00000210. The lowest BCUT2D eigenvalue weighted by molar-refractivity contribution is -0.117. The first-order chi connectivity index (χ1) is 12.7. The molecule has 2 atom stereocenters. The zero-order valence-corrected chi connectivity index (χ0v) is 18.2. The number of aliphatic imine (C=N–C) groups is 1. The number of amides is 1. The Morgan fingerprint density at radius 2 is 2.26 bits per heavy atom. The van der Waals surface area contributed by atoms with Gasteiger partial charge < -0.3 is 20.3 Å². The maximum absolute atomic E-state index is 12.3. The molecule has 2 saturated heterocycles. The van der Waals surface area contributed by atoms with Gasteiger partial charge in [0.15, 0.2) is 5.96 Å². The quantitative estimate of drug-likeness (QED) is 0.392. The molecule has 7 heteroatoms. The number of guanidine groups is 1. The standard InChI is InChI=1S/C20H28N4O2.HI/c1-2-21-19(24-11-8-20(13-24)9-12-26-14-20)22-10-7-16-15-5-3-4-6-17(15)23-18(16)25;/h3-6,16H,2,7-14H2,1H3,(H,21,22)(H,23,25);1H. The van der Waals surface area contributed by atoms with Crippen molar-refractivity contribution >= 4 is 41.5 Å². The van der Waals surface area contributed by atoms with Gasteiger partial charge in [-0.15, -0.1) is 24.0 Å². The van der Waals surface area contributed by atoms with Gasteiger partial charge >= 0.3 is 0 Å². The molecular weight excluding hydrogens is 455 g/mol. The van der Waals surface area contributed by atoms with E-state index in [9.17, 15) is 4.79 Å². The highest BCUT2D eigenvalue weighted by Gasteiger charge is 2.42. The normalized spacial score (nSPS) is 26.9. The van der Waals surface area contributed by atoms with Gasteiger partial charge in [0.25, 0.3) is 0 Å². The number of para-hydroxylation sites is 1. The van der Waals surface area contributed by atoms with Crippen LogP contribution in [0.2, 0.25) is 0 Å². The zero-order chi connectivity index (χ0) is 18.0. The van der Waals surface area contributed by atoms with Crippen molar-refractivity contribution in [2.75, 3.05) is 44.7 Å². The molecule has 1 amide bonds. The fourth-order valence-corrected chi connectivity index (χ4v) is 4.38. The molecule has 2 N–H and O–H groups in total. The molecule has 3 aliphatic rings. The molecule has 0 bridgehead atoms. The molecule has 1 aromatic rings. The summed E-state index contributed by atoms with van der Waals surface area (Å²) in [6, 6.07) is 7.96. The SMILES string of the molecule is CCNC(=NCCC1C(=O)Nc2ccccc21)N1CCC2(CCOC2)C1.I. The lowest BCUT2D eigenvalue weighted by Crippen LogP contribution is -2.41. The van der Waals surface area contributed by atoms with E-state index in [-0.39, 0.29) is 35.8 Å². The summed E-state index contributed by atoms with van der Waals surface area (Å²) in [5.41, 5.74) is 2.36. The molecule has 2 unspecified atom stereocenters. The van der Waals surface area contributed by atoms with Gasteiger partial charge in [0.2, 0.25) is 5.91 Å². The highest BCUT2D eigenvalue weighted by molar-refractivity contribution is 14.0. The predicted molar refractivity (Wildman–Crippen MR) is 118 cm³/mol. The van der Waals surface area contributed by atoms with E-state index in [4.69, 9.17) is 9.73 Å². The summed E-state index contributed by atoms with van der Waals surface area (Å²) in [7, 11) is 0. The van der Waals surface area contributed by atoms with Gasteiger partial charge in [0, 0.05) is 43.9 Å². The number of carbonyl (C=O) groups excluding carboxylic acids is 1. The van der Waals surface area contributed by atoms with Crippen LogP contribution in [0, 0.1) is 5.41 Å². The van der Waals surface area contributed by atoms with E-state index in [0.717, 1.165) is 62.9 Å². The first kappa shape index (κ1) is 20.4. The zero-order valence-electron chi connectivity index (χ0n) is 15.9. The summed E-state index contributed by atoms with van der Waals surface area (Å²) >= 11 is 0. The molecule has 148 valence electrons. The van der Waals surface area contributed by atoms with Gasteiger partial charge in [0.05, 0.1) is 12.5 Å². The molecule has 0 aliphatic carbocycles. The maximum Gasteiger partial charge on any atom is 0.232 e. The fourth-order valence-electron chi connectivity index (χ4n) is 4.38. The number of benzene rings is 1. The van der Waals surface area contributed by atoms with Crippen molar-refractivity contribution in [1.82, 2.24) is 10.2 Å². The smallest absolute Gasteiger partial charge is 0.232 e. The Morgan fingerprint density at radius 1 is 1.41 bits per heavy atom. The Hall–Kier alpha value is -1.35. The number of halogens is 1. The first-order valence-electron chi connectivity index (χ1n) is 9.72. The van der Waals surface area contributed by atoms with Crippen LogP contribution in [-0.4, -0.2) is 56.2 Å². The number of hydrogen-bond acceptors (Lipinski definition) is 3. The van der Waals surface area contributed by atoms with E-state index in [0.29, 0.717) is 12.0 Å². The van der Waals surface area contributed by atoms with Crippen molar-refractivity contribution in [3.63, 3.8) is 0 Å². The summed E-state index contributed by atoms with van der Waals surface area (Å²) in [6.45, 7) is 7.41. The maximum atomic E-state index is 12.3. The molecule has 0 radical (unpaired) electrons. The topological polar surface area (TPSA) is 66.0 Å². The van der Waals surface area contributed by atoms with Crippen LogP contribution in [0.4, 0.5) is 5.69 Å². The molecule has 27 heavy (non-hydrogen) atoms. The Morgan fingerprint density at radius 3 is 3.04 bits per heavy atom. The second-order valence-corrected chi connectivity index (χ2v) is 7.63. The lowest BCUT2D eigenvalue weighted by Gasteiger charge is -2.25. The van der Waals surface area contributed by atoms with Crippen molar-refractivity contribution in [2.24, 2.45) is 10.4 Å². The highest BCUT2D eigenvalue weighted by Crippen LogP contribution is 2.38. The largest absolute Gasteiger partial charge is 0.381 e. The average Bonchev–Trinajstić information content (AvgIpc) is 3.35. The van der Waals surface area contributed by atoms with E-state index in [1.54, 1.807) is 0 Å². The van der Waals surface area contributed by atoms with Crippen LogP contribution in [0.3, 0.4) is 0 Å². The van der Waals surface area contributed by atoms with E-state index in [1.807, 2.05) is 24.3 Å². The lowest BCUT2D eigenvalue weighted by atomic mass is 9.87. The van der Waals surface area contributed by atoms with Crippen LogP contribution in [0.1, 0.15) is 37.7 Å². The minimum atomic E-state index is -0.0917. The number of nitrogens with one attached hydrogen (secondary N) is 2. The Kier molecular flexibility index (Phi) is 6.62. The molecule has 0 saturated carbocycles. The van der Waals surface area contributed by atoms with Crippen LogP contribution in [0.15, 0.2) is 29.3 Å². The number of likely N-dealkylation sites (tertiary alicyclic amines) is 1. The van der Waals surface area contributed by atoms with Crippen molar-refractivity contribution in [3.05, 3.63) is 29.8 Å². The summed E-state index contributed by atoms with van der Waals surface area (Å²) < 4.78 is 5.63. The minimum absolute atomic E-state index is 0. The summed E-state index contributed by atoms with van der Waals surface area (Å²) in [5.74, 6) is 0.976. The van der Waals surface area contributed by atoms with Crippen LogP contribution in [-0.2, 0) is 9.53 Å². The van der Waals surface area contributed by atoms with Gasteiger partial charge in [-0.25, -0.2) is 0 Å². The van der Waals surface area contributed by atoms with Crippen molar-refractivity contribution in [2.45, 2.75) is 32.1 Å². The predicted octanol–water partition coefficient (Wildman–Crippen LogP) is 2.81. The molecule has 1 spiro atoms. The van der Waals surface area contributed by atoms with E-state index < -0.39 is 0 Å². The number of anilines is 1. The van der Waals surface area contributed by atoms with Crippen LogP contribution >= 0.6 is 24.0 Å². The Bertz CT molecular complexity index is 703. The number of hydrogen-bond donors (Lipinski definition) is 2. The van der Waals surface area contributed by atoms with Gasteiger partial charge in [-0.05, 0) is 37.8 Å². The van der Waals surface area contributed by atoms with E-state index in [1.165, 1.54) is 6.42 Å². The number of nitrogens with zero attached hydrogens (tertiary/aromatic N) is 2. The number of ether oxygens (including phenoxy) is 1. The van der Waals surface area contributed by atoms with Crippen molar-refractivity contribution < 1.29 is 9.53 Å². The van der Waals surface area contributed by atoms with Crippen molar-refractivity contribution in [3.8, 4) is 0 Å². The van der Waals surface area contributed by atoms with E-state index in [2.05, 4.69) is 22.5 Å². The third-order valence-corrected chi connectivity index (χ3v) is 5.85.